The number of nitrogens with zero attached hydrogens (tertiary/aromatic N) is 6. The van der Waals surface area contributed by atoms with Crippen LogP contribution in [0.25, 0.3) is 10.8 Å². The van der Waals surface area contributed by atoms with Gasteiger partial charge >= 0.3 is 0 Å². The van der Waals surface area contributed by atoms with Crippen LogP contribution in [-0.2, 0) is 0 Å². The summed E-state index contributed by atoms with van der Waals surface area (Å²) in [7, 11) is 0. The predicted octanol–water partition coefficient (Wildman–Crippen LogP) is 5.22. The summed E-state index contributed by atoms with van der Waals surface area (Å²) in [6.07, 6.45) is 9.60. The van der Waals surface area contributed by atoms with Crippen LogP contribution >= 0.6 is 11.8 Å². The molecule has 0 aromatic carbocycles. The largest absolute Gasteiger partial charge is 0.353 e. The molecular weight excluding hydrogens is 442 g/mol. The van der Waals surface area contributed by atoms with Crippen molar-refractivity contribution < 1.29 is 0 Å². The summed E-state index contributed by atoms with van der Waals surface area (Å²) in [4.78, 5) is 23.7. The van der Waals surface area contributed by atoms with Crippen LogP contribution in [0.15, 0.2) is 30.7 Å². The highest BCUT2D eigenvalue weighted by molar-refractivity contribution is 8.02. The SMILES string of the molecule is CC1CCN(c2nccc(Nc3cc4c(C(C)C)cnc(N5CC6(CCS6)C5)c4cn3)n2)CC1. The molecule has 8 heteroatoms. The average molecular weight is 476 g/mol. The van der Waals surface area contributed by atoms with E-state index in [1.165, 1.54) is 36.0 Å². The molecule has 34 heavy (non-hydrogen) atoms. The average Bonchev–Trinajstić information content (AvgIpc) is 2.77. The second kappa shape index (κ2) is 8.56. The van der Waals surface area contributed by atoms with Crippen molar-refractivity contribution >= 4 is 45.9 Å². The fraction of sp³-hybridized carbons (Fsp3) is 0.538. The van der Waals surface area contributed by atoms with E-state index in [1.807, 2.05) is 18.5 Å². The van der Waals surface area contributed by atoms with E-state index in [0.29, 0.717) is 10.7 Å². The predicted molar refractivity (Wildman–Crippen MR) is 142 cm³/mol. The summed E-state index contributed by atoms with van der Waals surface area (Å²) in [6, 6.07) is 4.08. The lowest BCUT2D eigenvalue weighted by atomic mass is 9.93. The molecule has 0 atom stereocenters. The second-order valence-electron chi connectivity index (χ2n) is 10.5. The van der Waals surface area contributed by atoms with Crippen molar-refractivity contribution in [1.29, 1.82) is 0 Å². The molecular formula is C26H33N7S. The zero-order valence-electron chi connectivity index (χ0n) is 20.3. The van der Waals surface area contributed by atoms with Crippen molar-refractivity contribution in [3.63, 3.8) is 0 Å². The number of anilines is 4. The Balaban J connectivity index is 1.28. The van der Waals surface area contributed by atoms with E-state index in [2.05, 4.69) is 64.9 Å². The number of hydrogen-bond acceptors (Lipinski definition) is 8. The number of rotatable bonds is 5. The van der Waals surface area contributed by atoms with Gasteiger partial charge in [-0.15, -0.1) is 0 Å². The molecule has 3 aromatic heterocycles. The molecule has 3 aliphatic rings. The van der Waals surface area contributed by atoms with Gasteiger partial charge in [-0.25, -0.2) is 15.0 Å². The van der Waals surface area contributed by atoms with Gasteiger partial charge in [0.1, 0.15) is 17.5 Å². The highest BCUT2D eigenvalue weighted by atomic mass is 32.2. The first-order valence-electron chi connectivity index (χ1n) is 12.5. The monoisotopic (exact) mass is 475 g/mol. The first-order chi connectivity index (χ1) is 16.5. The molecule has 7 nitrogen and oxygen atoms in total. The first-order valence-corrected chi connectivity index (χ1v) is 13.5. The molecule has 1 N–H and O–H groups in total. The van der Waals surface area contributed by atoms with Gasteiger partial charge in [0, 0.05) is 50.2 Å². The summed E-state index contributed by atoms with van der Waals surface area (Å²) < 4.78 is 0.483. The van der Waals surface area contributed by atoms with Crippen LogP contribution in [-0.4, -0.2) is 56.6 Å². The van der Waals surface area contributed by atoms with Gasteiger partial charge in [0.2, 0.25) is 5.95 Å². The smallest absolute Gasteiger partial charge is 0.227 e. The lowest BCUT2D eigenvalue weighted by Gasteiger charge is -2.55. The number of pyridine rings is 2. The Morgan fingerprint density at radius 2 is 1.82 bits per heavy atom. The molecule has 0 bridgehead atoms. The molecule has 0 unspecified atom stereocenters. The Hall–Kier alpha value is -2.61. The molecule has 1 spiro atoms. The maximum atomic E-state index is 4.89. The highest BCUT2D eigenvalue weighted by Crippen LogP contribution is 2.49. The summed E-state index contributed by atoms with van der Waals surface area (Å²) in [6.45, 7) is 11.0. The van der Waals surface area contributed by atoms with E-state index in [1.54, 1.807) is 0 Å². The van der Waals surface area contributed by atoms with E-state index in [-0.39, 0.29) is 0 Å². The number of fused-ring (bicyclic) bond motifs is 1. The van der Waals surface area contributed by atoms with Gasteiger partial charge in [-0.2, -0.15) is 16.7 Å². The van der Waals surface area contributed by atoms with Crippen molar-refractivity contribution in [3.05, 3.63) is 36.3 Å². The first kappa shape index (κ1) is 21.9. The van der Waals surface area contributed by atoms with E-state index in [0.717, 1.165) is 60.9 Å². The Bertz CT molecular complexity index is 1190. The van der Waals surface area contributed by atoms with Crippen molar-refractivity contribution in [1.82, 2.24) is 19.9 Å². The van der Waals surface area contributed by atoms with Crippen molar-refractivity contribution in [2.24, 2.45) is 5.92 Å². The molecule has 0 saturated carbocycles. The molecule has 0 radical (unpaired) electrons. The Kier molecular flexibility index (Phi) is 5.51. The summed E-state index contributed by atoms with van der Waals surface area (Å²) in [5.41, 5.74) is 1.25. The maximum absolute atomic E-state index is 4.89. The van der Waals surface area contributed by atoms with Crippen molar-refractivity contribution in [2.75, 3.05) is 47.0 Å². The Morgan fingerprint density at radius 3 is 2.53 bits per heavy atom. The van der Waals surface area contributed by atoms with Gasteiger partial charge < -0.3 is 15.1 Å². The zero-order chi connectivity index (χ0) is 23.3. The van der Waals surface area contributed by atoms with Crippen molar-refractivity contribution in [3.8, 4) is 0 Å². The quantitative estimate of drug-likeness (QED) is 0.539. The summed E-state index contributed by atoms with van der Waals surface area (Å²) in [5, 5.41) is 5.79. The standard InChI is InChI=1S/C26H33N7S/c1-17(2)20-13-29-24(33-15-26(16-33)7-11-34-26)21-14-28-23(12-19(20)21)30-22-4-8-27-25(31-22)32-9-5-18(3)6-10-32/h4,8,12-14,17-18H,5-7,9-11,15-16H2,1-3H3,(H,27,28,30,31). The fourth-order valence-electron chi connectivity index (χ4n) is 5.27. The van der Waals surface area contributed by atoms with Crippen LogP contribution < -0.4 is 15.1 Å². The number of thioether (sulfide) groups is 1. The minimum atomic E-state index is 0.386. The van der Waals surface area contributed by atoms with Crippen LogP contribution in [0.3, 0.4) is 0 Å². The minimum absolute atomic E-state index is 0.386. The van der Waals surface area contributed by atoms with Gasteiger partial charge in [0.15, 0.2) is 0 Å². The third kappa shape index (κ3) is 3.96. The molecule has 178 valence electrons. The van der Waals surface area contributed by atoms with Gasteiger partial charge in [-0.3, -0.25) is 0 Å². The van der Waals surface area contributed by atoms with Crippen LogP contribution in [0, 0.1) is 5.92 Å². The van der Waals surface area contributed by atoms with E-state index >= 15 is 0 Å². The molecule has 3 fully saturated rings. The second-order valence-corrected chi connectivity index (χ2v) is 12.0. The number of aromatic nitrogens is 4. The van der Waals surface area contributed by atoms with E-state index in [9.17, 15) is 0 Å². The van der Waals surface area contributed by atoms with E-state index in [4.69, 9.17) is 15.0 Å². The lowest BCUT2D eigenvalue weighted by molar-refractivity contribution is 0.422. The fourth-order valence-corrected chi connectivity index (χ4v) is 6.55. The van der Waals surface area contributed by atoms with Gasteiger partial charge in [-0.05, 0) is 59.9 Å². The topological polar surface area (TPSA) is 70.1 Å². The molecule has 6 heterocycles. The summed E-state index contributed by atoms with van der Waals surface area (Å²) >= 11 is 2.11. The Morgan fingerprint density at radius 1 is 1.03 bits per heavy atom. The molecule has 3 saturated heterocycles. The summed E-state index contributed by atoms with van der Waals surface area (Å²) in [5.74, 6) is 5.92. The van der Waals surface area contributed by atoms with Crippen LogP contribution in [0.2, 0.25) is 0 Å². The number of nitrogens with one attached hydrogen (secondary N) is 1. The highest BCUT2D eigenvalue weighted by Gasteiger charge is 2.49. The van der Waals surface area contributed by atoms with Crippen LogP contribution in [0.1, 0.15) is 51.5 Å². The van der Waals surface area contributed by atoms with Crippen LogP contribution in [0.5, 0.6) is 0 Å². The van der Waals surface area contributed by atoms with E-state index < -0.39 is 0 Å². The van der Waals surface area contributed by atoms with Gasteiger partial charge in [0.05, 0.1) is 4.75 Å². The number of hydrogen-bond donors (Lipinski definition) is 1. The van der Waals surface area contributed by atoms with Gasteiger partial charge in [-0.1, -0.05) is 20.8 Å². The molecule has 3 aliphatic heterocycles. The Labute approximate surface area is 205 Å². The molecule has 0 aliphatic carbocycles. The normalized spacial score (nSPS) is 20.0. The maximum Gasteiger partial charge on any atom is 0.227 e. The third-order valence-corrected chi connectivity index (χ3v) is 9.08. The van der Waals surface area contributed by atoms with Gasteiger partial charge in [0.25, 0.3) is 0 Å². The van der Waals surface area contributed by atoms with Crippen molar-refractivity contribution in [2.45, 2.75) is 50.7 Å². The molecule has 0 amide bonds. The lowest BCUT2D eigenvalue weighted by Crippen LogP contribution is -2.64. The third-order valence-electron chi connectivity index (χ3n) is 7.59. The van der Waals surface area contributed by atoms with Crippen LogP contribution in [0.4, 0.5) is 23.4 Å². The molecule has 3 aromatic rings. The minimum Gasteiger partial charge on any atom is -0.353 e. The number of piperidine rings is 1. The zero-order valence-corrected chi connectivity index (χ0v) is 21.1. The molecule has 6 rings (SSSR count).